The summed E-state index contributed by atoms with van der Waals surface area (Å²) >= 11 is 5.90. The summed E-state index contributed by atoms with van der Waals surface area (Å²) in [5, 5.41) is 15.5. The van der Waals surface area contributed by atoms with Gasteiger partial charge in [-0.25, -0.2) is 0 Å². The van der Waals surface area contributed by atoms with Crippen molar-refractivity contribution in [2.24, 2.45) is 13.0 Å². The molecule has 0 aliphatic carbocycles. The first-order valence-electron chi connectivity index (χ1n) is 7.75. The zero-order chi connectivity index (χ0) is 15.5. The molecule has 0 saturated carbocycles. The summed E-state index contributed by atoms with van der Waals surface area (Å²) in [6, 6.07) is 7.54. The smallest absolute Gasteiger partial charge is 0.0819 e. The average Bonchev–Trinajstić information content (AvgIpc) is 2.93. The van der Waals surface area contributed by atoms with Crippen LogP contribution in [0, 0.1) is 5.92 Å². The fraction of sp³-hybridized carbons (Fsp3) is 0.471. The van der Waals surface area contributed by atoms with E-state index in [-0.39, 0.29) is 0 Å². The number of benzene rings is 1. The molecule has 1 saturated heterocycles. The number of aromatic nitrogens is 2. The van der Waals surface area contributed by atoms with Crippen LogP contribution in [-0.2, 0) is 13.6 Å². The van der Waals surface area contributed by atoms with Crippen molar-refractivity contribution < 1.29 is 5.11 Å². The molecule has 1 aromatic heterocycles. The molecule has 0 amide bonds. The van der Waals surface area contributed by atoms with Gasteiger partial charge in [0.25, 0.3) is 0 Å². The Labute approximate surface area is 136 Å². The summed E-state index contributed by atoms with van der Waals surface area (Å²) in [6.07, 6.45) is 5.63. The van der Waals surface area contributed by atoms with Gasteiger partial charge in [-0.15, -0.1) is 0 Å². The van der Waals surface area contributed by atoms with E-state index in [0.29, 0.717) is 10.9 Å². The van der Waals surface area contributed by atoms with E-state index in [0.717, 1.165) is 38.0 Å². The molecule has 1 aliphatic heterocycles. The highest BCUT2D eigenvalue weighted by molar-refractivity contribution is 6.30. The molecule has 1 aromatic carbocycles. The first-order chi connectivity index (χ1) is 10.6. The van der Waals surface area contributed by atoms with E-state index in [1.807, 2.05) is 42.2 Å². The van der Waals surface area contributed by atoms with Crippen LogP contribution in [0.25, 0.3) is 0 Å². The van der Waals surface area contributed by atoms with Crippen LogP contribution in [0.5, 0.6) is 0 Å². The van der Waals surface area contributed by atoms with Crippen LogP contribution in [0.1, 0.15) is 30.1 Å². The number of hydrogen-bond donors (Lipinski definition) is 1. The Morgan fingerprint density at radius 1 is 1.27 bits per heavy atom. The van der Waals surface area contributed by atoms with Crippen molar-refractivity contribution in [2.45, 2.75) is 25.5 Å². The summed E-state index contributed by atoms with van der Waals surface area (Å²) in [4.78, 5) is 2.43. The van der Waals surface area contributed by atoms with Crippen LogP contribution in [0.3, 0.4) is 0 Å². The molecule has 1 unspecified atom stereocenters. The molecule has 2 aromatic rings. The lowest BCUT2D eigenvalue weighted by molar-refractivity contribution is 0.0568. The van der Waals surface area contributed by atoms with Gasteiger partial charge in [0.1, 0.15) is 0 Å². The molecule has 1 fully saturated rings. The van der Waals surface area contributed by atoms with Gasteiger partial charge in [-0.1, -0.05) is 23.7 Å². The molecular formula is C17H22ClN3O. The predicted molar refractivity (Wildman–Crippen MR) is 87.6 cm³/mol. The normalized spacial score (nSPS) is 18.5. The molecule has 5 heteroatoms. The molecular weight excluding hydrogens is 298 g/mol. The van der Waals surface area contributed by atoms with E-state index in [2.05, 4.69) is 16.2 Å². The van der Waals surface area contributed by atoms with Crippen molar-refractivity contribution in [3.8, 4) is 0 Å². The minimum absolute atomic E-state index is 0.325. The maximum atomic E-state index is 10.5. The van der Waals surface area contributed by atoms with E-state index in [1.54, 1.807) is 0 Å². The largest absolute Gasteiger partial charge is 0.388 e. The second-order valence-corrected chi connectivity index (χ2v) is 6.57. The molecule has 0 bridgehead atoms. The van der Waals surface area contributed by atoms with Crippen LogP contribution in [0.4, 0.5) is 0 Å². The number of piperidine rings is 1. The van der Waals surface area contributed by atoms with Crippen molar-refractivity contribution >= 4 is 11.6 Å². The van der Waals surface area contributed by atoms with Crippen LogP contribution < -0.4 is 0 Å². The van der Waals surface area contributed by atoms with Gasteiger partial charge in [0, 0.05) is 30.4 Å². The number of likely N-dealkylation sites (tertiary alicyclic amines) is 1. The van der Waals surface area contributed by atoms with Crippen LogP contribution in [0.2, 0.25) is 5.02 Å². The van der Waals surface area contributed by atoms with Crippen molar-refractivity contribution in [2.75, 3.05) is 13.1 Å². The van der Waals surface area contributed by atoms with Gasteiger partial charge < -0.3 is 5.11 Å². The van der Waals surface area contributed by atoms with Gasteiger partial charge in [-0.2, -0.15) is 5.10 Å². The monoisotopic (exact) mass is 319 g/mol. The Hall–Kier alpha value is -1.36. The van der Waals surface area contributed by atoms with Crippen LogP contribution in [0.15, 0.2) is 36.7 Å². The standard InChI is InChI=1S/C17H22ClN3O/c1-20-11-13(10-19-20)12-21-8-6-15(7-9-21)17(22)14-2-4-16(18)5-3-14/h2-5,10-11,15,17,22H,6-9,12H2,1H3. The molecule has 1 atom stereocenters. The molecule has 1 aliphatic rings. The molecule has 0 spiro atoms. The van der Waals surface area contributed by atoms with Gasteiger partial charge in [-0.3, -0.25) is 9.58 Å². The van der Waals surface area contributed by atoms with Crippen molar-refractivity contribution in [3.05, 3.63) is 52.8 Å². The molecule has 22 heavy (non-hydrogen) atoms. The minimum atomic E-state index is -0.391. The number of aryl methyl sites for hydroxylation is 1. The fourth-order valence-electron chi connectivity index (χ4n) is 3.17. The Morgan fingerprint density at radius 2 is 1.95 bits per heavy atom. The second kappa shape index (κ2) is 6.82. The van der Waals surface area contributed by atoms with Crippen LogP contribution >= 0.6 is 11.6 Å². The lowest BCUT2D eigenvalue weighted by Gasteiger charge is -2.34. The lowest BCUT2D eigenvalue weighted by Crippen LogP contribution is -2.35. The number of halogens is 1. The van der Waals surface area contributed by atoms with E-state index in [9.17, 15) is 5.11 Å². The third-order valence-electron chi connectivity index (χ3n) is 4.45. The predicted octanol–water partition coefficient (Wildman–Crippen LogP) is 3.02. The number of aliphatic hydroxyl groups excluding tert-OH is 1. The van der Waals surface area contributed by atoms with E-state index < -0.39 is 6.10 Å². The summed E-state index contributed by atoms with van der Waals surface area (Å²) in [5.74, 6) is 0.325. The minimum Gasteiger partial charge on any atom is -0.388 e. The second-order valence-electron chi connectivity index (χ2n) is 6.13. The zero-order valence-corrected chi connectivity index (χ0v) is 13.6. The summed E-state index contributed by atoms with van der Waals surface area (Å²) in [5.41, 5.74) is 2.22. The maximum absolute atomic E-state index is 10.5. The quantitative estimate of drug-likeness (QED) is 0.942. The van der Waals surface area contributed by atoms with E-state index in [1.165, 1.54) is 5.56 Å². The molecule has 0 radical (unpaired) electrons. The van der Waals surface area contributed by atoms with Crippen molar-refractivity contribution in [1.82, 2.24) is 14.7 Å². The highest BCUT2D eigenvalue weighted by Crippen LogP contribution is 2.31. The topological polar surface area (TPSA) is 41.3 Å². The average molecular weight is 320 g/mol. The number of rotatable bonds is 4. The van der Waals surface area contributed by atoms with E-state index in [4.69, 9.17) is 11.6 Å². The van der Waals surface area contributed by atoms with Gasteiger partial charge in [0.05, 0.1) is 12.3 Å². The Bertz CT molecular complexity index is 603. The number of nitrogens with zero attached hydrogens (tertiary/aromatic N) is 3. The van der Waals surface area contributed by atoms with E-state index >= 15 is 0 Å². The van der Waals surface area contributed by atoms with Crippen molar-refractivity contribution in [1.29, 1.82) is 0 Å². The summed E-state index contributed by atoms with van der Waals surface area (Å²) < 4.78 is 1.84. The van der Waals surface area contributed by atoms with Gasteiger partial charge in [-0.05, 0) is 49.5 Å². The van der Waals surface area contributed by atoms with Crippen molar-refractivity contribution in [3.63, 3.8) is 0 Å². The highest BCUT2D eigenvalue weighted by atomic mass is 35.5. The molecule has 118 valence electrons. The Morgan fingerprint density at radius 3 is 2.55 bits per heavy atom. The van der Waals surface area contributed by atoms with Crippen LogP contribution in [-0.4, -0.2) is 32.9 Å². The maximum Gasteiger partial charge on any atom is 0.0819 e. The third kappa shape index (κ3) is 3.69. The first kappa shape index (κ1) is 15.5. The Balaban J connectivity index is 1.53. The summed E-state index contributed by atoms with van der Waals surface area (Å²) in [6.45, 7) is 2.98. The van der Waals surface area contributed by atoms with Gasteiger partial charge >= 0.3 is 0 Å². The molecule has 3 rings (SSSR count). The first-order valence-corrected chi connectivity index (χ1v) is 8.13. The molecule has 4 nitrogen and oxygen atoms in total. The Kier molecular flexibility index (Phi) is 4.81. The number of aliphatic hydroxyl groups is 1. The third-order valence-corrected chi connectivity index (χ3v) is 4.71. The number of hydrogen-bond acceptors (Lipinski definition) is 3. The van der Waals surface area contributed by atoms with Gasteiger partial charge in [0.2, 0.25) is 0 Å². The SMILES string of the molecule is Cn1cc(CN2CCC(C(O)c3ccc(Cl)cc3)CC2)cn1. The summed E-state index contributed by atoms with van der Waals surface area (Å²) in [7, 11) is 1.94. The lowest BCUT2D eigenvalue weighted by atomic mass is 9.87. The molecule has 1 N–H and O–H groups in total. The highest BCUT2D eigenvalue weighted by Gasteiger charge is 2.26. The zero-order valence-electron chi connectivity index (χ0n) is 12.8. The fourth-order valence-corrected chi connectivity index (χ4v) is 3.30. The van der Waals surface area contributed by atoms with Gasteiger partial charge in [0.15, 0.2) is 0 Å². The molecule has 2 heterocycles.